The Morgan fingerprint density at radius 1 is 1.55 bits per heavy atom. The molecule has 0 bridgehead atoms. The molecule has 0 aromatic heterocycles. The maximum absolute atomic E-state index is 12.3. The standard InChI is InChI=1S/C15H22N2O3/c1-11-4-5-13-14(8-11)20-12(2)10-17(13)15(18)9-16-6-7-19-3/h4-5,8,12,16H,6-7,9-10H2,1-3H3/t12-/m0/s1. The highest BCUT2D eigenvalue weighted by Gasteiger charge is 2.27. The molecule has 1 amide bonds. The quantitative estimate of drug-likeness (QED) is 0.826. The third kappa shape index (κ3) is 3.49. The lowest BCUT2D eigenvalue weighted by Gasteiger charge is -2.33. The molecule has 1 aromatic carbocycles. The molecule has 110 valence electrons. The fourth-order valence-electron chi connectivity index (χ4n) is 2.25. The van der Waals surface area contributed by atoms with Gasteiger partial charge >= 0.3 is 0 Å². The zero-order valence-corrected chi connectivity index (χ0v) is 12.3. The molecule has 0 radical (unpaired) electrons. The van der Waals surface area contributed by atoms with Gasteiger partial charge in [-0.05, 0) is 31.5 Å². The van der Waals surface area contributed by atoms with E-state index in [9.17, 15) is 4.79 Å². The number of rotatable bonds is 5. The van der Waals surface area contributed by atoms with Gasteiger partial charge in [0.25, 0.3) is 0 Å². The SMILES string of the molecule is COCCNCC(=O)N1C[C@H](C)Oc2cc(C)ccc21. The molecule has 0 aliphatic carbocycles. The molecule has 0 saturated carbocycles. The first kappa shape index (κ1) is 14.8. The number of nitrogens with one attached hydrogen (secondary N) is 1. The molecule has 2 rings (SSSR count). The Morgan fingerprint density at radius 3 is 3.10 bits per heavy atom. The van der Waals surface area contributed by atoms with E-state index < -0.39 is 0 Å². The second-order valence-corrected chi connectivity index (χ2v) is 5.07. The number of nitrogens with zero attached hydrogens (tertiary/aromatic N) is 1. The summed E-state index contributed by atoms with van der Waals surface area (Å²) in [6.07, 6.45) is 0.00669. The summed E-state index contributed by atoms with van der Waals surface area (Å²) >= 11 is 0. The van der Waals surface area contributed by atoms with Crippen LogP contribution in [-0.4, -0.2) is 45.4 Å². The fourth-order valence-corrected chi connectivity index (χ4v) is 2.25. The van der Waals surface area contributed by atoms with Crippen LogP contribution in [-0.2, 0) is 9.53 Å². The molecular formula is C15H22N2O3. The third-order valence-electron chi connectivity index (χ3n) is 3.23. The molecule has 0 fully saturated rings. The average Bonchev–Trinajstić information content (AvgIpc) is 2.42. The number of carbonyl (C=O) groups excluding carboxylic acids is 1. The van der Waals surface area contributed by atoms with Crippen molar-refractivity contribution in [1.82, 2.24) is 5.32 Å². The molecule has 1 aliphatic heterocycles. The lowest BCUT2D eigenvalue weighted by Crippen LogP contribution is -2.46. The largest absolute Gasteiger partial charge is 0.487 e. The molecule has 0 spiro atoms. The Balaban J connectivity index is 2.06. The number of anilines is 1. The molecule has 0 unspecified atom stereocenters. The Morgan fingerprint density at radius 2 is 2.35 bits per heavy atom. The lowest BCUT2D eigenvalue weighted by atomic mass is 10.1. The number of fused-ring (bicyclic) bond motifs is 1. The van der Waals surface area contributed by atoms with Crippen molar-refractivity contribution in [3.05, 3.63) is 23.8 Å². The minimum Gasteiger partial charge on any atom is -0.487 e. The highest BCUT2D eigenvalue weighted by Crippen LogP contribution is 2.34. The molecule has 0 saturated heterocycles. The molecule has 1 aliphatic rings. The van der Waals surface area contributed by atoms with Crippen LogP contribution in [0.25, 0.3) is 0 Å². The number of aryl methyl sites for hydroxylation is 1. The van der Waals surface area contributed by atoms with Gasteiger partial charge < -0.3 is 19.7 Å². The van der Waals surface area contributed by atoms with Crippen LogP contribution in [0.1, 0.15) is 12.5 Å². The van der Waals surface area contributed by atoms with Gasteiger partial charge in [0.15, 0.2) is 0 Å². The Labute approximate surface area is 119 Å². The summed E-state index contributed by atoms with van der Waals surface area (Å²) in [7, 11) is 1.64. The summed E-state index contributed by atoms with van der Waals surface area (Å²) in [6.45, 7) is 6.15. The topological polar surface area (TPSA) is 50.8 Å². The first-order chi connectivity index (χ1) is 9.61. The number of hydrogen-bond donors (Lipinski definition) is 1. The zero-order valence-electron chi connectivity index (χ0n) is 12.3. The van der Waals surface area contributed by atoms with Gasteiger partial charge in [0.2, 0.25) is 5.91 Å². The lowest BCUT2D eigenvalue weighted by molar-refractivity contribution is -0.118. The maximum atomic E-state index is 12.3. The van der Waals surface area contributed by atoms with Crippen LogP contribution in [0.4, 0.5) is 5.69 Å². The van der Waals surface area contributed by atoms with Gasteiger partial charge in [-0.3, -0.25) is 4.79 Å². The van der Waals surface area contributed by atoms with Crippen LogP contribution < -0.4 is 15.0 Å². The second kappa shape index (κ2) is 6.72. The van der Waals surface area contributed by atoms with E-state index in [4.69, 9.17) is 9.47 Å². The van der Waals surface area contributed by atoms with Crippen molar-refractivity contribution in [3.63, 3.8) is 0 Å². The zero-order chi connectivity index (χ0) is 14.5. The van der Waals surface area contributed by atoms with Crippen molar-refractivity contribution in [2.24, 2.45) is 0 Å². The van der Waals surface area contributed by atoms with Crippen LogP contribution >= 0.6 is 0 Å². The van der Waals surface area contributed by atoms with Crippen LogP contribution in [0, 0.1) is 6.92 Å². The summed E-state index contributed by atoms with van der Waals surface area (Å²) < 4.78 is 10.7. The predicted molar refractivity (Wildman–Crippen MR) is 78.4 cm³/mol. The van der Waals surface area contributed by atoms with E-state index in [1.54, 1.807) is 12.0 Å². The highest BCUT2D eigenvalue weighted by molar-refractivity contribution is 5.96. The Kier molecular flexibility index (Phi) is 4.98. The molecule has 1 atom stereocenters. The first-order valence-corrected chi connectivity index (χ1v) is 6.89. The minimum absolute atomic E-state index is 0.00669. The van der Waals surface area contributed by atoms with Crippen molar-refractivity contribution >= 4 is 11.6 Å². The monoisotopic (exact) mass is 278 g/mol. The van der Waals surface area contributed by atoms with E-state index in [0.29, 0.717) is 26.2 Å². The Bertz CT molecular complexity index is 476. The van der Waals surface area contributed by atoms with Gasteiger partial charge in [-0.25, -0.2) is 0 Å². The number of carbonyl (C=O) groups is 1. The second-order valence-electron chi connectivity index (χ2n) is 5.07. The minimum atomic E-state index is 0.00669. The summed E-state index contributed by atoms with van der Waals surface area (Å²) in [5.74, 6) is 0.843. The maximum Gasteiger partial charge on any atom is 0.241 e. The van der Waals surface area contributed by atoms with Gasteiger partial charge in [-0.15, -0.1) is 0 Å². The van der Waals surface area contributed by atoms with E-state index in [0.717, 1.165) is 17.0 Å². The first-order valence-electron chi connectivity index (χ1n) is 6.89. The van der Waals surface area contributed by atoms with Crippen LogP contribution in [0.5, 0.6) is 5.75 Å². The molecule has 20 heavy (non-hydrogen) atoms. The van der Waals surface area contributed by atoms with Crippen LogP contribution in [0.3, 0.4) is 0 Å². The van der Waals surface area contributed by atoms with Gasteiger partial charge in [-0.2, -0.15) is 0 Å². The third-order valence-corrected chi connectivity index (χ3v) is 3.23. The van der Waals surface area contributed by atoms with Crippen molar-refractivity contribution in [1.29, 1.82) is 0 Å². The normalized spacial score (nSPS) is 17.6. The van der Waals surface area contributed by atoms with Gasteiger partial charge in [-0.1, -0.05) is 6.07 Å². The van der Waals surface area contributed by atoms with Crippen molar-refractivity contribution in [2.45, 2.75) is 20.0 Å². The summed E-state index contributed by atoms with van der Waals surface area (Å²) in [6, 6.07) is 5.92. The van der Waals surface area contributed by atoms with Crippen LogP contribution in [0.15, 0.2) is 18.2 Å². The van der Waals surface area contributed by atoms with Crippen molar-refractivity contribution < 1.29 is 14.3 Å². The molecule has 1 aromatic rings. The summed E-state index contributed by atoms with van der Waals surface area (Å²) in [5.41, 5.74) is 1.98. The van der Waals surface area contributed by atoms with E-state index in [1.165, 1.54) is 0 Å². The molecule has 5 nitrogen and oxygen atoms in total. The number of amides is 1. The number of benzene rings is 1. The van der Waals surface area contributed by atoms with E-state index in [2.05, 4.69) is 5.32 Å². The molecule has 1 N–H and O–H groups in total. The predicted octanol–water partition coefficient (Wildman–Crippen LogP) is 1.34. The molecule has 5 heteroatoms. The van der Waals surface area contributed by atoms with E-state index in [-0.39, 0.29) is 12.0 Å². The van der Waals surface area contributed by atoms with Gasteiger partial charge in [0.05, 0.1) is 25.4 Å². The smallest absolute Gasteiger partial charge is 0.241 e. The molecular weight excluding hydrogens is 256 g/mol. The van der Waals surface area contributed by atoms with E-state index in [1.807, 2.05) is 32.0 Å². The average molecular weight is 278 g/mol. The molecule has 1 heterocycles. The highest BCUT2D eigenvalue weighted by atomic mass is 16.5. The van der Waals surface area contributed by atoms with Gasteiger partial charge in [0.1, 0.15) is 11.9 Å². The Hall–Kier alpha value is -1.59. The number of methoxy groups -OCH3 is 1. The summed E-state index contributed by atoms with van der Waals surface area (Å²) in [4.78, 5) is 14.1. The van der Waals surface area contributed by atoms with Gasteiger partial charge in [0, 0.05) is 13.7 Å². The number of ether oxygens (including phenoxy) is 2. The fraction of sp³-hybridized carbons (Fsp3) is 0.533. The van der Waals surface area contributed by atoms with Crippen molar-refractivity contribution in [3.8, 4) is 5.75 Å². The number of hydrogen-bond acceptors (Lipinski definition) is 4. The van der Waals surface area contributed by atoms with Crippen LogP contribution in [0.2, 0.25) is 0 Å². The van der Waals surface area contributed by atoms with E-state index >= 15 is 0 Å². The van der Waals surface area contributed by atoms with Crippen molar-refractivity contribution in [2.75, 3.05) is 38.3 Å². The summed E-state index contributed by atoms with van der Waals surface area (Å²) in [5, 5.41) is 3.08.